The average Bonchev–Trinajstić information content (AvgIpc) is 2.34. The quantitative estimate of drug-likeness (QED) is 0.489. The highest BCUT2D eigenvalue weighted by molar-refractivity contribution is 14.1. The molecule has 0 fully saturated rings. The van der Waals surface area contributed by atoms with Gasteiger partial charge in [-0.05, 0) is 34.7 Å². The fourth-order valence-corrected chi connectivity index (χ4v) is 2.12. The van der Waals surface area contributed by atoms with E-state index in [2.05, 4.69) is 37.9 Å². The van der Waals surface area contributed by atoms with Crippen molar-refractivity contribution in [3.8, 4) is 11.6 Å². The standard InChI is InChI=1S/C11H10ClIN4O/c1-15-9-10(13)16-5-17-11(9)18-6-2-3-8(14)7(12)4-6/h2-5,15H,14H2,1H3. The number of nitrogens with zero attached hydrogens (tertiary/aromatic N) is 2. The molecule has 1 heterocycles. The van der Waals surface area contributed by atoms with Crippen molar-refractivity contribution >= 4 is 45.6 Å². The van der Waals surface area contributed by atoms with Crippen LogP contribution in [0.15, 0.2) is 24.5 Å². The zero-order chi connectivity index (χ0) is 13.1. The van der Waals surface area contributed by atoms with Gasteiger partial charge < -0.3 is 15.8 Å². The molecule has 0 unspecified atom stereocenters. The van der Waals surface area contributed by atoms with Crippen molar-refractivity contribution in [2.45, 2.75) is 0 Å². The molecule has 0 aliphatic heterocycles. The molecule has 0 amide bonds. The van der Waals surface area contributed by atoms with Crippen LogP contribution < -0.4 is 15.8 Å². The Labute approximate surface area is 123 Å². The van der Waals surface area contributed by atoms with Crippen LogP contribution in [0.3, 0.4) is 0 Å². The van der Waals surface area contributed by atoms with Gasteiger partial charge in [0, 0.05) is 13.1 Å². The van der Waals surface area contributed by atoms with Gasteiger partial charge in [-0.3, -0.25) is 0 Å². The highest BCUT2D eigenvalue weighted by Crippen LogP contribution is 2.32. The molecule has 18 heavy (non-hydrogen) atoms. The van der Waals surface area contributed by atoms with E-state index in [9.17, 15) is 0 Å². The number of hydrogen-bond donors (Lipinski definition) is 2. The minimum absolute atomic E-state index is 0.442. The summed E-state index contributed by atoms with van der Waals surface area (Å²) in [5, 5.41) is 3.44. The molecule has 3 N–H and O–H groups in total. The molecule has 0 radical (unpaired) electrons. The highest BCUT2D eigenvalue weighted by Gasteiger charge is 2.10. The predicted octanol–water partition coefficient (Wildman–Crippen LogP) is 3.15. The lowest BCUT2D eigenvalue weighted by atomic mass is 10.3. The van der Waals surface area contributed by atoms with Crippen molar-refractivity contribution < 1.29 is 4.74 Å². The van der Waals surface area contributed by atoms with Gasteiger partial charge in [-0.1, -0.05) is 11.6 Å². The molecule has 0 saturated carbocycles. The first kappa shape index (κ1) is 13.2. The summed E-state index contributed by atoms with van der Waals surface area (Å²) in [6, 6.07) is 5.06. The van der Waals surface area contributed by atoms with E-state index in [1.54, 1.807) is 25.2 Å². The third-order valence-electron chi connectivity index (χ3n) is 2.20. The molecule has 7 heteroatoms. The molecule has 1 aromatic carbocycles. The Morgan fingerprint density at radius 3 is 2.83 bits per heavy atom. The second-order valence-electron chi connectivity index (χ2n) is 3.38. The number of nitrogens with one attached hydrogen (secondary N) is 1. The van der Waals surface area contributed by atoms with E-state index < -0.39 is 0 Å². The van der Waals surface area contributed by atoms with Crippen LogP contribution in [-0.2, 0) is 0 Å². The Morgan fingerprint density at radius 2 is 2.17 bits per heavy atom. The van der Waals surface area contributed by atoms with Gasteiger partial charge in [0.15, 0.2) is 0 Å². The first-order valence-electron chi connectivity index (χ1n) is 5.03. The van der Waals surface area contributed by atoms with Gasteiger partial charge >= 0.3 is 0 Å². The van der Waals surface area contributed by atoms with Crippen LogP contribution in [0, 0.1) is 3.70 Å². The van der Waals surface area contributed by atoms with Gasteiger partial charge in [-0.2, -0.15) is 4.98 Å². The number of halogens is 2. The van der Waals surface area contributed by atoms with E-state index in [0.717, 1.165) is 9.39 Å². The monoisotopic (exact) mass is 376 g/mol. The SMILES string of the molecule is CNc1c(I)ncnc1Oc1ccc(N)c(Cl)c1. The van der Waals surface area contributed by atoms with Crippen LogP contribution in [0.25, 0.3) is 0 Å². The number of ether oxygens (including phenoxy) is 1. The number of benzene rings is 1. The second kappa shape index (κ2) is 5.57. The van der Waals surface area contributed by atoms with Gasteiger partial charge in [-0.25, -0.2) is 4.98 Å². The maximum atomic E-state index is 5.93. The van der Waals surface area contributed by atoms with Gasteiger partial charge in [0.2, 0.25) is 5.88 Å². The third kappa shape index (κ3) is 2.75. The Bertz CT molecular complexity index is 579. The topological polar surface area (TPSA) is 73.1 Å². The molecule has 0 aliphatic rings. The molecule has 2 rings (SSSR count). The number of aromatic nitrogens is 2. The molecule has 0 bridgehead atoms. The third-order valence-corrected chi connectivity index (χ3v) is 3.35. The molecule has 5 nitrogen and oxygen atoms in total. The van der Waals surface area contributed by atoms with Crippen molar-refractivity contribution in [1.82, 2.24) is 9.97 Å². The molecular formula is C11H10ClIN4O. The van der Waals surface area contributed by atoms with Crippen LogP contribution in [0.4, 0.5) is 11.4 Å². The van der Waals surface area contributed by atoms with E-state index in [4.69, 9.17) is 22.1 Å². The Kier molecular flexibility index (Phi) is 4.07. The van der Waals surface area contributed by atoms with Gasteiger partial charge in [0.1, 0.15) is 21.5 Å². The molecule has 0 spiro atoms. The summed E-state index contributed by atoms with van der Waals surface area (Å²) in [5.41, 5.74) is 6.87. The summed E-state index contributed by atoms with van der Waals surface area (Å²) in [6.45, 7) is 0. The van der Waals surface area contributed by atoms with E-state index >= 15 is 0 Å². The molecular weight excluding hydrogens is 367 g/mol. The zero-order valence-electron chi connectivity index (χ0n) is 9.45. The largest absolute Gasteiger partial charge is 0.437 e. The number of nitrogen functional groups attached to an aromatic ring is 1. The molecule has 0 saturated heterocycles. The first-order valence-corrected chi connectivity index (χ1v) is 6.48. The van der Waals surface area contributed by atoms with Crippen LogP contribution in [0.5, 0.6) is 11.6 Å². The summed E-state index contributed by atoms with van der Waals surface area (Å²) >= 11 is 8.03. The Balaban J connectivity index is 2.34. The number of nitrogens with two attached hydrogens (primary N) is 1. The van der Waals surface area contributed by atoms with E-state index in [1.165, 1.54) is 6.33 Å². The van der Waals surface area contributed by atoms with Crippen molar-refractivity contribution in [1.29, 1.82) is 0 Å². The molecule has 94 valence electrons. The highest BCUT2D eigenvalue weighted by atomic mass is 127. The van der Waals surface area contributed by atoms with Crippen LogP contribution >= 0.6 is 34.2 Å². The predicted molar refractivity (Wildman–Crippen MR) is 80.2 cm³/mol. The molecule has 2 aromatic rings. The lowest BCUT2D eigenvalue weighted by molar-refractivity contribution is 0.463. The van der Waals surface area contributed by atoms with Gasteiger partial charge in [0.25, 0.3) is 0 Å². The molecule has 0 aliphatic carbocycles. The fourth-order valence-electron chi connectivity index (χ4n) is 1.32. The fraction of sp³-hybridized carbons (Fsp3) is 0.0909. The summed E-state index contributed by atoms with van der Waals surface area (Å²) in [7, 11) is 1.78. The number of anilines is 2. The Morgan fingerprint density at radius 1 is 1.39 bits per heavy atom. The normalized spacial score (nSPS) is 10.2. The van der Waals surface area contributed by atoms with Crippen LogP contribution in [-0.4, -0.2) is 17.0 Å². The summed E-state index contributed by atoms with van der Waals surface area (Å²) in [5.74, 6) is 1.01. The Hall–Kier alpha value is -1.28. The summed E-state index contributed by atoms with van der Waals surface area (Å²) < 4.78 is 6.44. The second-order valence-corrected chi connectivity index (χ2v) is 4.81. The van der Waals surface area contributed by atoms with Gasteiger partial charge in [-0.15, -0.1) is 0 Å². The zero-order valence-corrected chi connectivity index (χ0v) is 12.4. The number of hydrogen-bond acceptors (Lipinski definition) is 5. The smallest absolute Gasteiger partial charge is 0.247 e. The molecule has 0 atom stereocenters. The van der Waals surface area contributed by atoms with Crippen molar-refractivity contribution in [3.63, 3.8) is 0 Å². The van der Waals surface area contributed by atoms with Crippen molar-refractivity contribution in [3.05, 3.63) is 33.2 Å². The maximum Gasteiger partial charge on any atom is 0.247 e. The minimum atomic E-state index is 0.442. The average molecular weight is 377 g/mol. The first-order chi connectivity index (χ1) is 8.61. The van der Waals surface area contributed by atoms with Gasteiger partial charge in [0.05, 0.1) is 10.7 Å². The van der Waals surface area contributed by atoms with Crippen molar-refractivity contribution in [2.75, 3.05) is 18.1 Å². The van der Waals surface area contributed by atoms with Crippen LogP contribution in [0.2, 0.25) is 5.02 Å². The minimum Gasteiger partial charge on any atom is -0.437 e. The lowest BCUT2D eigenvalue weighted by Gasteiger charge is -2.10. The van der Waals surface area contributed by atoms with E-state index in [1.807, 2.05) is 0 Å². The lowest BCUT2D eigenvalue weighted by Crippen LogP contribution is -2.00. The van der Waals surface area contributed by atoms with Crippen LogP contribution in [0.1, 0.15) is 0 Å². The summed E-state index contributed by atoms with van der Waals surface area (Å²) in [4.78, 5) is 8.15. The maximum absolute atomic E-state index is 5.93. The van der Waals surface area contributed by atoms with E-state index in [0.29, 0.717) is 22.3 Å². The van der Waals surface area contributed by atoms with Crippen molar-refractivity contribution in [2.24, 2.45) is 0 Å². The summed E-state index contributed by atoms with van der Waals surface area (Å²) in [6.07, 6.45) is 1.44. The van der Waals surface area contributed by atoms with E-state index in [-0.39, 0.29) is 0 Å². The number of rotatable bonds is 3. The molecule has 1 aromatic heterocycles.